The number of amides is 2. The first-order valence-electron chi connectivity index (χ1n) is 7.85. The van der Waals surface area contributed by atoms with Gasteiger partial charge in [0, 0.05) is 22.2 Å². The van der Waals surface area contributed by atoms with Gasteiger partial charge in [-0.25, -0.2) is 14.0 Å². The zero-order valence-electron chi connectivity index (χ0n) is 14.5. The van der Waals surface area contributed by atoms with E-state index in [-0.39, 0.29) is 18.1 Å². The summed E-state index contributed by atoms with van der Waals surface area (Å²) in [5.74, 6) is -0.450. The molecule has 1 aromatic heterocycles. The van der Waals surface area contributed by atoms with Crippen molar-refractivity contribution in [2.24, 2.45) is 4.36 Å². The van der Waals surface area contributed by atoms with Crippen LogP contribution in [-0.4, -0.2) is 50.8 Å². The number of hydrogen-bond donors (Lipinski definition) is 4. The van der Waals surface area contributed by atoms with Gasteiger partial charge in [0.25, 0.3) is 0 Å². The van der Waals surface area contributed by atoms with Gasteiger partial charge in [-0.2, -0.15) is 4.36 Å². The van der Waals surface area contributed by atoms with E-state index >= 15 is 0 Å². The molecule has 1 atom stereocenters. The number of benzene rings is 1. The molecule has 0 aliphatic heterocycles. The lowest BCUT2D eigenvalue weighted by Crippen LogP contribution is -2.49. The molecular weight excluding hydrogens is 355 g/mol. The lowest BCUT2D eigenvalue weighted by Gasteiger charge is -2.18. The number of nitrogens with zero attached hydrogens (tertiary/aromatic N) is 2. The van der Waals surface area contributed by atoms with E-state index in [2.05, 4.69) is 20.0 Å². The second-order valence-corrected chi connectivity index (χ2v) is 8.51. The normalized spacial score (nSPS) is 12.2. The monoisotopic (exact) mass is 376 g/mol. The Morgan fingerprint density at radius 3 is 2.50 bits per heavy atom. The smallest absolute Gasteiger partial charge is 0.426 e. The van der Waals surface area contributed by atoms with E-state index in [0.29, 0.717) is 0 Å². The first kappa shape index (κ1) is 19.9. The zero-order valence-corrected chi connectivity index (χ0v) is 15.3. The Morgan fingerprint density at radius 2 is 1.88 bits per heavy atom. The van der Waals surface area contributed by atoms with Crippen LogP contribution in [0.25, 0.3) is 0 Å². The van der Waals surface area contributed by atoms with E-state index in [9.17, 15) is 19.1 Å². The molecule has 0 unspecified atom stereocenters. The van der Waals surface area contributed by atoms with Gasteiger partial charge in [0.2, 0.25) is 0 Å². The maximum Gasteiger partial charge on any atom is 0.475 e. The van der Waals surface area contributed by atoms with E-state index in [4.69, 9.17) is 0 Å². The minimum atomic E-state index is -2.37. The summed E-state index contributed by atoms with van der Waals surface area (Å²) >= 11 is 0. The molecule has 0 spiro atoms. The van der Waals surface area contributed by atoms with Crippen LogP contribution in [0, 0.1) is 0 Å². The van der Waals surface area contributed by atoms with Crippen molar-refractivity contribution in [3.63, 3.8) is 0 Å². The number of nitrogens with one attached hydrogen (secondary N) is 2. The highest BCUT2D eigenvalue weighted by Crippen LogP contribution is 2.14. The molecule has 0 saturated carbocycles. The van der Waals surface area contributed by atoms with E-state index in [0.717, 1.165) is 5.56 Å². The topological polar surface area (TPSA) is 124 Å². The fourth-order valence-electron chi connectivity index (χ4n) is 2.19. The average molecular weight is 376 g/mol. The summed E-state index contributed by atoms with van der Waals surface area (Å²) in [6.07, 6.45) is 3.22. The Hall–Kier alpha value is -2.43. The molecule has 8 nitrogen and oxygen atoms in total. The number of carbonyl (C=O) groups excluding carboxylic acids is 1. The summed E-state index contributed by atoms with van der Waals surface area (Å²) in [6.45, 7) is 0. The summed E-state index contributed by atoms with van der Waals surface area (Å²) in [7, 11) is -4.09. The first-order chi connectivity index (χ1) is 12.2. The molecule has 1 aromatic carbocycles. The summed E-state index contributed by atoms with van der Waals surface area (Å²) in [5, 5.41) is 24.0. The Labute approximate surface area is 153 Å². The molecule has 1 heterocycles. The SMILES string of the molecule is CS(C)(=O)=Nc1cccc(NC(=O)N[C@@H](Cc2ccccc2)B(O)O)n1. The molecule has 0 aliphatic carbocycles. The van der Waals surface area contributed by atoms with Crippen LogP contribution in [0.1, 0.15) is 5.56 Å². The second-order valence-electron chi connectivity index (χ2n) is 5.96. The van der Waals surface area contributed by atoms with E-state index in [1.807, 2.05) is 30.3 Å². The van der Waals surface area contributed by atoms with E-state index in [1.165, 1.54) is 12.5 Å². The number of anilines is 1. The van der Waals surface area contributed by atoms with Gasteiger partial charge in [0.1, 0.15) is 5.82 Å². The standard InChI is InChI=1S/C16H21BN4O4S/c1-26(2,25)21-15-10-6-9-14(19-15)20-16(22)18-13(17(23)24)11-12-7-4-3-5-8-12/h3-10,13,23-24H,11H2,1-2H3,(H2,18,19,20,22)/t13-/m0/s1. The molecule has 0 bridgehead atoms. The molecule has 26 heavy (non-hydrogen) atoms. The van der Waals surface area contributed by atoms with Crippen molar-refractivity contribution in [3.05, 3.63) is 54.1 Å². The molecule has 0 radical (unpaired) electrons. The van der Waals surface area contributed by atoms with Crippen molar-refractivity contribution in [1.82, 2.24) is 10.3 Å². The van der Waals surface area contributed by atoms with Crippen LogP contribution >= 0.6 is 0 Å². The van der Waals surface area contributed by atoms with E-state index < -0.39 is 28.8 Å². The van der Waals surface area contributed by atoms with Gasteiger partial charge in [-0.3, -0.25) is 5.32 Å². The van der Waals surface area contributed by atoms with Crippen LogP contribution in [0.2, 0.25) is 0 Å². The molecule has 2 aromatic rings. The fourth-order valence-corrected chi connectivity index (χ4v) is 2.74. The van der Waals surface area contributed by atoms with Crippen LogP contribution < -0.4 is 10.6 Å². The lowest BCUT2D eigenvalue weighted by atomic mass is 9.76. The first-order valence-corrected chi connectivity index (χ1v) is 10.2. The largest absolute Gasteiger partial charge is 0.475 e. The van der Waals surface area contributed by atoms with Gasteiger partial charge in [-0.15, -0.1) is 0 Å². The van der Waals surface area contributed by atoms with Crippen LogP contribution in [0.3, 0.4) is 0 Å². The third-order valence-electron chi connectivity index (χ3n) is 3.26. The van der Waals surface area contributed by atoms with Crippen LogP contribution in [0.4, 0.5) is 16.4 Å². The summed E-state index contributed by atoms with van der Waals surface area (Å²) in [6, 6.07) is 13.3. The lowest BCUT2D eigenvalue weighted by molar-refractivity contribution is 0.248. The molecule has 2 amide bonds. The average Bonchev–Trinajstić information content (AvgIpc) is 2.53. The van der Waals surface area contributed by atoms with Crippen molar-refractivity contribution >= 4 is 34.5 Å². The van der Waals surface area contributed by atoms with Crippen molar-refractivity contribution in [2.45, 2.75) is 12.4 Å². The molecule has 0 fully saturated rings. The van der Waals surface area contributed by atoms with Crippen molar-refractivity contribution in [3.8, 4) is 0 Å². The molecule has 4 N–H and O–H groups in total. The summed E-state index contributed by atoms with van der Waals surface area (Å²) < 4.78 is 15.7. The number of rotatable bonds is 6. The minimum absolute atomic E-state index is 0.207. The summed E-state index contributed by atoms with van der Waals surface area (Å²) in [5.41, 5.74) is 0.852. The molecule has 138 valence electrons. The predicted molar refractivity (Wildman–Crippen MR) is 103 cm³/mol. The second kappa shape index (κ2) is 8.79. The van der Waals surface area contributed by atoms with Crippen molar-refractivity contribution in [2.75, 3.05) is 17.8 Å². The van der Waals surface area contributed by atoms with Gasteiger partial charge in [-0.05, 0) is 24.1 Å². The highest BCUT2D eigenvalue weighted by molar-refractivity contribution is 7.92. The Bertz CT molecular complexity index is 862. The van der Waals surface area contributed by atoms with Gasteiger partial charge in [-0.1, -0.05) is 36.4 Å². The minimum Gasteiger partial charge on any atom is -0.426 e. The Balaban J connectivity index is 2.04. The third kappa shape index (κ3) is 6.83. The fraction of sp³-hybridized carbons (Fsp3) is 0.250. The number of urea groups is 1. The van der Waals surface area contributed by atoms with Crippen LogP contribution in [0.5, 0.6) is 0 Å². The number of hydrogen-bond acceptors (Lipinski definition) is 6. The molecule has 2 rings (SSSR count). The Morgan fingerprint density at radius 1 is 1.19 bits per heavy atom. The van der Waals surface area contributed by atoms with Crippen LogP contribution in [-0.2, 0) is 16.1 Å². The highest BCUT2D eigenvalue weighted by atomic mass is 32.2. The number of aromatic nitrogens is 1. The maximum atomic E-state index is 12.1. The van der Waals surface area contributed by atoms with Gasteiger partial charge in [0.05, 0.1) is 5.94 Å². The molecular formula is C16H21BN4O4S. The molecule has 0 saturated heterocycles. The highest BCUT2D eigenvalue weighted by Gasteiger charge is 2.25. The van der Waals surface area contributed by atoms with Gasteiger partial charge in [0.15, 0.2) is 5.82 Å². The third-order valence-corrected chi connectivity index (χ3v) is 3.89. The quantitative estimate of drug-likeness (QED) is 0.564. The number of carbonyl (C=O) groups is 1. The van der Waals surface area contributed by atoms with Gasteiger partial charge < -0.3 is 15.4 Å². The maximum absolute atomic E-state index is 12.1. The van der Waals surface area contributed by atoms with Crippen LogP contribution in [0.15, 0.2) is 52.9 Å². The Kier molecular flexibility index (Phi) is 6.73. The summed E-state index contributed by atoms with van der Waals surface area (Å²) in [4.78, 5) is 16.2. The van der Waals surface area contributed by atoms with Gasteiger partial charge >= 0.3 is 13.1 Å². The predicted octanol–water partition coefficient (Wildman–Crippen LogP) is 1.19. The molecule has 0 aliphatic rings. The molecule has 10 heteroatoms. The van der Waals surface area contributed by atoms with Crippen molar-refractivity contribution < 1.29 is 19.1 Å². The van der Waals surface area contributed by atoms with E-state index in [1.54, 1.807) is 18.2 Å². The number of pyridine rings is 1. The van der Waals surface area contributed by atoms with Crippen molar-refractivity contribution in [1.29, 1.82) is 0 Å². The zero-order chi connectivity index (χ0) is 19.2.